The second-order valence-corrected chi connectivity index (χ2v) is 10.1. The number of hydrogen-bond donors (Lipinski definition) is 2. The average molecular weight is 575 g/mol. The van der Waals surface area contributed by atoms with Gasteiger partial charge in [0.2, 0.25) is 11.9 Å². The van der Waals surface area contributed by atoms with E-state index in [9.17, 15) is 14.0 Å². The molecule has 3 heterocycles. The van der Waals surface area contributed by atoms with Gasteiger partial charge in [0, 0.05) is 23.8 Å². The summed E-state index contributed by atoms with van der Waals surface area (Å²) in [6.07, 6.45) is 2.19. The second kappa shape index (κ2) is 10.3. The third-order valence-corrected chi connectivity index (χ3v) is 7.41. The van der Waals surface area contributed by atoms with Crippen LogP contribution in [0.5, 0.6) is 5.75 Å². The zero-order valence-electron chi connectivity index (χ0n) is 22.1. The number of ether oxygens (including phenoxy) is 1. The van der Waals surface area contributed by atoms with Crippen LogP contribution in [0.4, 0.5) is 4.39 Å². The van der Waals surface area contributed by atoms with Crippen LogP contribution in [0.2, 0.25) is 5.02 Å². The Hall–Kier alpha value is -4.77. The Labute approximate surface area is 238 Å². The number of hydrogen-bond acceptors (Lipinski definition) is 7. The number of carbonyl (C=O) groups is 2. The van der Waals surface area contributed by atoms with Gasteiger partial charge in [0.05, 0.1) is 23.2 Å². The van der Waals surface area contributed by atoms with Gasteiger partial charge >= 0.3 is 0 Å². The number of aryl methyl sites for hydroxylation is 1. The summed E-state index contributed by atoms with van der Waals surface area (Å²) in [5.41, 5.74) is 1.73. The van der Waals surface area contributed by atoms with Crippen molar-refractivity contribution in [2.45, 2.75) is 31.8 Å². The lowest BCUT2D eigenvalue weighted by molar-refractivity contribution is -0.124. The van der Waals surface area contributed by atoms with Crippen molar-refractivity contribution in [1.29, 1.82) is 0 Å². The molecule has 0 unspecified atom stereocenters. The van der Waals surface area contributed by atoms with Crippen molar-refractivity contribution in [3.8, 4) is 23.0 Å². The maximum atomic E-state index is 13.9. The van der Waals surface area contributed by atoms with E-state index in [4.69, 9.17) is 20.9 Å². The maximum Gasteiger partial charge on any atom is 0.276 e. The van der Waals surface area contributed by atoms with Crippen molar-refractivity contribution < 1.29 is 23.2 Å². The lowest BCUT2D eigenvalue weighted by Gasteiger charge is -2.17. The van der Waals surface area contributed by atoms with Crippen LogP contribution in [0.3, 0.4) is 0 Å². The molecule has 0 radical (unpaired) electrons. The van der Waals surface area contributed by atoms with Gasteiger partial charge in [-0.05, 0) is 67.8 Å². The van der Waals surface area contributed by atoms with E-state index in [1.54, 1.807) is 14.0 Å². The predicted octanol–water partition coefficient (Wildman–Crippen LogP) is 4.76. The molecule has 5 aromatic rings. The fourth-order valence-electron chi connectivity index (χ4n) is 4.70. The van der Waals surface area contributed by atoms with E-state index in [1.165, 1.54) is 18.3 Å². The fraction of sp³-hybridized carbons (Fsp3) is 0.207. The quantitative estimate of drug-likeness (QED) is 0.256. The number of halogens is 2. The van der Waals surface area contributed by atoms with Gasteiger partial charge in [-0.15, -0.1) is 0 Å². The summed E-state index contributed by atoms with van der Waals surface area (Å²) < 4.78 is 26.7. The number of aromatic nitrogens is 4. The van der Waals surface area contributed by atoms with Crippen molar-refractivity contribution in [1.82, 2.24) is 30.3 Å². The van der Waals surface area contributed by atoms with Gasteiger partial charge in [-0.2, -0.15) is 9.37 Å². The van der Waals surface area contributed by atoms with Crippen molar-refractivity contribution in [3.05, 3.63) is 88.7 Å². The van der Waals surface area contributed by atoms with E-state index in [2.05, 4.69) is 25.8 Å². The molecule has 1 saturated carbocycles. The molecule has 2 N–H and O–H groups in total. The lowest BCUT2D eigenvalue weighted by Crippen LogP contribution is -2.49. The summed E-state index contributed by atoms with van der Waals surface area (Å²) in [4.78, 5) is 33.4. The van der Waals surface area contributed by atoms with Crippen molar-refractivity contribution in [2.24, 2.45) is 0 Å². The summed E-state index contributed by atoms with van der Waals surface area (Å²) >= 11 is 6.83. The van der Waals surface area contributed by atoms with Crippen LogP contribution < -0.4 is 15.4 Å². The Morgan fingerprint density at radius 1 is 1.17 bits per heavy atom. The minimum absolute atomic E-state index is 0.201. The summed E-state index contributed by atoms with van der Waals surface area (Å²) in [6, 6.07) is 15.9. The van der Waals surface area contributed by atoms with Crippen LogP contribution >= 0.6 is 11.6 Å². The Morgan fingerprint density at radius 3 is 2.61 bits per heavy atom. The maximum absolute atomic E-state index is 13.9. The van der Waals surface area contributed by atoms with Gasteiger partial charge in [0.15, 0.2) is 5.82 Å². The first-order valence-corrected chi connectivity index (χ1v) is 13.2. The van der Waals surface area contributed by atoms with Gasteiger partial charge < -0.3 is 24.5 Å². The highest BCUT2D eigenvalue weighted by Gasteiger charge is 2.51. The number of rotatable bonds is 8. The lowest BCUT2D eigenvalue weighted by atomic mass is 10.1. The molecule has 0 saturated heterocycles. The number of fused-ring (bicyclic) bond motifs is 1. The minimum Gasteiger partial charge on any atom is -0.497 e. The molecule has 3 aromatic heterocycles. The average Bonchev–Trinajstić information content (AvgIpc) is 3.55. The molecule has 0 spiro atoms. The highest BCUT2D eigenvalue weighted by Crippen LogP contribution is 2.40. The largest absolute Gasteiger partial charge is 0.497 e. The van der Waals surface area contributed by atoms with Gasteiger partial charge in [0.1, 0.15) is 17.0 Å². The first-order chi connectivity index (χ1) is 19.8. The smallest absolute Gasteiger partial charge is 0.276 e. The van der Waals surface area contributed by atoms with E-state index < -0.39 is 17.4 Å². The number of methoxy groups -OCH3 is 1. The molecule has 10 nitrogen and oxygen atoms in total. The molecular weight excluding hydrogens is 551 g/mol. The van der Waals surface area contributed by atoms with Crippen LogP contribution in [0, 0.1) is 12.9 Å². The van der Waals surface area contributed by atoms with Gasteiger partial charge in [0.25, 0.3) is 11.8 Å². The molecule has 2 amide bonds. The zero-order valence-corrected chi connectivity index (χ0v) is 22.8. The molecule has 0 atom stereocenters. The monoisotopic (exact) mass is 574 g/mol. The predicted molar refractivity (Wildman–Crippen MR) is 148 cm³/mol. The third kappa shape index (κ3) is 4.89. The molecule has 1 aliphatic rings. The van der Waals surface area contributed by atoms with E-state index in [1.807, 2.05) is 47.0 Å². The van der Waals surface area contributed by atoms with Crippen LogP contribution in [-0.2, 0) is 11.3 Å². The number of carbonyl (C=O) groups excluding carboxylic acids is 2. The molecule has 1 aliphatic carbocycles. The summed E-state index contributed by atoms with van der Waals surface area (Å²) in [5, 5.41) is 10.7. The first-order valence-electron chi connectivity index (χ1n) is 12.8. The Kier molecular flexibility index (Phi) is 6.66. The van der Waals surface area contributed by atoms with Gasteiger partial charge in [-0.1, -0.05) is 28.9 Å². The van der Waals surface area contributed by atoms with Gasteiger partial charge in [-0.25, -0.2) is 4.98 Å². The Morgan fingerprint density at radius 2 is 1.95 bits per heavy atom. The summed E-state index contributed by atoms with van der Waals surface area (Å²) in [5.74, 6) is -0.463. The highest BCUT2D eigenvalue weighted by atomic mass is 35.5. The SMILES string of the molecule is COc1ccc2c(c1)c(Cl)c(-c1nc(C)no1)n2-c1ccc(CNC(=O)C2(NC(=O)c3cccnc3F)CC2)cc1. The number of nitrogens with one attached hydrogen (secondary N) is 2. The second-order valence-electron chi connectivity index (χ2n) is 9.75. The molecule has 208 valence electrons. The summed E-state index contributed by atoms with van der Waals surface area (Å²) in [6.45, 7) is 1.96. The molecule has 1 fully saturated rings. The number of pyridine rings is 1. The first kappa shape index (κ1) is 26.5. The standard InChI is InChI=1S/C29H24ClFN6O4/c1-16-34-27(41-36-16)24-23(30)21-14-19(40-2)9-10-22(21)37(24)18-7-5-17(6-8-18)15-33-28(39)29(11-12-29)35-26(38)20-4-3-13-32-25(20)31/h3-10,13-14H,11-12,15H2,1-2H3,(H,33,39)(H,35,38). The fourth-order valence-corrected chi connectivity index (χ4v) is 5.02. The van der Waals surface area contributed by atoms with E-state index in [-0.39, 0.29) is 23.9 Å². The molecule has 6 rings (SSSR count). The molecular formula is C29H24ClFN6O4. The van der Waals surface area contributed by atoms with E-state index >= 15 is 0 Å². The van der Waals surface area contributed by atoms with E-state index in [0.717, 1.165) is 22.2 Å². The molecule has 0 aliphatic heterocycles. The van der Waals surface area contributed by atoms with Crippen molar-refractivity contribution in [3.63, 3.8) is 0 Å². The number of amides is 2. The Balaban J connectivity index is 1.22. The molecule has 12 heteroatoms. The van der Waals surface area contributed by atoms with E-state index in [0.29, 0.717) is 35.1 Å². The minimum atomic E-state index is -1.06. The Bertz CT molecular complexity index is 1800. The van der Waals surface area contributed by atoms with Gasteiger partial charge in [-0.3, -0.25) is 9.59 Å². The molecule has 41 heavy (non-hydrogen) atoms. The van der Waals surface area contributed by atoms with Crippen LogP contribution in [-0.4, -0.2) is 44.2 Å². The molecule has 2 aromatic carbocycles. The topological polar surface area (TPSA) is 124 Å². The molecule has 0 bridgehead atoms. The number of benzene rings is 2. The van der Waals surface area contributed by atoms with Crippen LogP contribution in [0.25, 0.3) is 28.2 Å². The third-order valence-electron chi connectivity index (χ3n) is 7.03. The van der Waals surface area contributed by atoms with Crippen molar-refractivity contribution >= 4 is 34.3 Å². The summed E-state index contributed by atoms with van der Waals surface area (Å²) in [7, 11) is 1.59. The normalized spacial score (nSPS) is 13.7. The number of nitrogens with zero attached hydrogens (tertiary/aromatic N) is 4. The van der Waals surface area contributed by atoms with Crippen molar-refractivity contribution in [2.75, 3.05) is 7.11 Å². The highest BCUT2D eigenvalue weighted by molar-refractivity contribution is 6.38. The zero-order chi connectivity index (χ0) is 28.7. The van der Waals surface area contributed by atoms with Crippen LogP contribution in [0.1, 0.15) is 34.6 Å². The van der Waals surface area contributed by atoms with Crippen LogP contribution in [0.15, 0.2) is 65.3 Å².